The van der Waals surface area contributed by atoms with Gasteiger partial charge in [0, 0.05) is 6.42 Å². The minimum atomic E-state index is -0.745. The molecular weight excluding hydrogens is 250 g/mol. The van der Waals surface area contributed by atoms with Crippen LogP contribution < -0.4 is 0 Å². The molecule has 0 amide bonds. The highest BCUT2D eigenvalue weighted by Gasteiger charge is 2.05. The van der Waals surface area contributed by atoms with Gasteiger partial charge in [0.15, 0.2) is 0 Å². The zero-order valence-corrected chi connectivity index (χ0v) is 10.3. The molecule has 0 heterocycles. The lowest BCUT2D eigenvalue weighted by atomic mass is 10.5. The summed E-state index contributed by atoms with van der Waals surface area (Å²) >= 11 is 0. The maximum atomic E-state index is 9.37. The van der Waals surface area contributed by atoms with Crippen LogP contribution in [0.15, 0.2) is 0 Å². The molecule has 0 aliphatic heterocycles. The lowest BCUT2D eigenvalue weighted by Gasteiger charge is -2.17. The Kier molecular flexibility index (Phi) is 17.6. The van der Waals surface area contributed by atoms with Crippen molar-refractivity contribution in [2.75, 3.05) is 39.6 Å². The van der Waals surface area contributed by atoms with Gasteiger partial charge >= 0.3 is 5.97 Å². The van der Waals surface area contributed by atoms with Crippen LogP contribution in [0.1, 0.15) is 13.3 Å². The number of hydrogen-bond acceptors (Lipinski definition) is 8. The van der Waals surface area contributed by atoms with E-state index in [-0.39, 0.29) is 46.1 Å². The zero-order valence-electron chi connectivity index (χ0n) is 10.3. The second-order valence-corrected chi connectivity index (χ2v) is 2.64. The maximum absolute atomic E-state index is 9.37. The van der Waals surface area contributed by atoms with Crippen LogP contribution in [0.25, 0.3) is 0 Å². The first-order chi connectivity index (χ1) is 8.62. The van der Waals surface area contributed by atoms with Gasteiger partial charge in [-0.05, 0) is 0 Å². The fourth-order valence-corrected chi connectivity index (χ4v) is 0.458. The minimum Gasteiger partial charge on any atom is -0.481 e. The molecule has 0 saturated carbocycles. The number of carboxylic acid groups (broad SMARTS) is 1. The lowest BCUT2D eigenvalue weighted by molar-refractivity contribution is -0.527. The van der Waals surface area contributed by atoms with Crippen molar-refractivity contribution in [3.63, 3.8) is 0 Å². The number of carboxylic acids is 1. The normalized spacial score (nSPS) is 10.1. The molecule has 110 valence electrons. The fraction of sp³-hybridized carbons (Fsp3) is 0.889. The topological polar surface area (TPSA) is 129 Å². The highest BCUT2D eigenvalue weighted by atomic mass is 17.2. The first kappa shape index (κ1) is 19.5. The van der Waals surface area contributed by atoms with Crippen LogP contribution in [0.5, 0.6) is 0 Å². The molecule has 0 aliphatic rings. The van der Waals surface area contributed by atoms with Gasteiger partial charge in [0.25, 0.3) is 0 Å². The van der Waals surface area contributed by atoms with Crippen LogP contribution >= 0.6 is 0 Å². The molecule has 0 saturated heterocycles. The first-order valence-electron chi connectivity index (χ1n) is 5.35. The molecule has 9 heteroatoms. The van der Waals surface area contributed by atoms with Gasteiger partial charge in [0.1, 0.15) is 0 Å². The van der Waals surface area contributed by atoms with Gasteiger partial charge in [0.05, 0.1) is 45.0 Å². The van der Waals surface area contributed by atoms with E-state index in [0.29, 0.717) is 5.39 Å². The van der Waals surface area contributed by atoms with Crippen molar-refractivity contribution < 1.29 is 39.7 Å². The number of aliphatic carboxylic acids is 1. The van der Waals surface area contributed by atoms with Crippen molar-refractivity contribution in [2.45, 2.75) is 13.3 Å². The average molecular weight is 271 g/mol. The molecule has 0 aromatic carbocycles. The maximum Gasteiger partial charge on any atom is 0.303 e. The van der Waals surface area contributed by atoms with Crippen LogP contribution in [0.2, 0.25) is 0 Å². The molecule has 4 N–H and O–H groups in total. The Bertz CT molecular complexity index is 161. The summed E-state index contributed by atoms with van der Waals surface area (Å²) in [5.74, 6) is -0.745. The number of carbonyl (C=O) groups is 1. The summed E-state index contributed by atoms with van der Waals surface area (Å²) in [7, 11) is 0. The van der Waals surface area contributed by atoms with Gasteiger partial charge in [0.2, 0.25) is 0 Å². The van der Waals surface area contributed by atoms with Crippen LogP contribution in [-0.4, -0.2) is 71.4 Å². The summed E-state index contributed by atoms with van der Waals surface area (Å²) in [5.41, 5.74) is 0. The summed E-state index contributed by atoms with van der Waals surface area (Å²) in [6.45, 7) is 1.09. The third-order valence-corrected chi connectivity index (χ3v) is 1.17. The largest absolute Gasteiger partial charge is 0.481 e. The summed E-state index contributed by atoms with van der Waals surface area (Å²) in [6, 6.07) is 0. The van der Waals surface area contributed by atoms with Crippen molar-refractivity contribution in [1.29, 1.82) is 0 Å². The Morgan fingerprint density at radius 1 is 0.944 bits per heavy atom. The monoisotopic (exact) mass is 271 g/mol. The van der Waals surface area contributed by atoms with Gasteiger partial charge in [-0.3, -0.25) is 4.79 Å². The van der Waals surface area contributed by atoms with Crippen molar-refractivity contribution in [3.05, 3.63) is 0 Å². The number of nitrogens with zero attached hydrogens (tertiary/aromatic N) is 1. The van der Waals surface area contributed by atoms with E-state index in [9.17, 15) is 4.79 Å². The Morgan fingerprint density at radius 3 is 1.39 bits per heavy atom. The van der Waals surface area contributed by atoms with E-state index in [1.54, 1.807) is 6.92 Å². The van der Waals surface area contributed by atoms with E-state index in [0.717, 1.165) is 0 Å². The number of hydrogen-bond donors (Lipinski definition) is 4. The Labute approximate surface area is 105 Å². The lowest BCUT2D eigenvalue weighted by Crippen LogP contribution is -2.28. The highest BCUT2D eigenvalue weighted by Crippen LogP contribution is 1.93. The quantitative estimate of drug-likeness (QED) is 0.352. The van der Waals surface area contributed by atoms with Crippen LogP contribution in [-0.2, 0) is 19.3 Å². The Balaban J connectivity index is 0. The van der Waals surface area contributed by atoms with Gasteiger partial charge in [-0.25, -0.2) is 14.5 Å². The van der Waals surface area contributed by atoms with E-state index in [2.05, 4.69) is 0 Å². The predicted molar refractivity (Wildman–Crippen MR) is 58.9 cm³/mol. The summed E-state index contributed by atoms with van der Waals surface area (Å²) in [4.78, 5) is 23.5. The van der Waals surface area contributed by atoms with Crippen molar-refractivity contribution in [3.8, 4) is 0 Å². The third-order valence-electron chi connectivity index (χ3n) is 1.17. The summed E-state index contributed by atoms with van der Waals surface area (Å²) in [6.07, 6.45) is 0.222. The van der Waals surface area contributed by atoms with Gasteiger partial charge in [-0.2, -0.15) is 0 Å². The molecule has 0 unspecified atom stereocenters. The average Bonchev–Trinajstić information content (AvgIpc) is 2.38. The molecule has 0 rings (SSSR count). The van der Waals surface area contributed by atoms with E-state index in [4.69, 9.17) is 34.9 Å². The minimum absolute atomic E-state index is 0.0108. The van der Waals surface area contributed by atoms with Crippen LogP contribution in [0.3, 0.4) is 0 Å². The summed E-state index contributed by atoms with van der Waals surface area (Å²) < 4.78 is 0. The van der Waals surface area contributed by atoms with Gasteiger partial charge in [-0.15, -0.1) is 0 Å². The molecule has 0 aliphatic carbocycles. The second kappa shape index (κ2) is 16.2. The first-order valence-corrected chi connectivity index (χ1v) is 5.35. The van der Waals surface area contributed by atoms with Crippen LogP contribution in [0, 0.1) is 0 Å². The van der Waals surface area contributed by atoms with E-state index < -0.39 is 5.97 Å². The number of aliphatic hydroxyl groups excluding tert-OH is 3. The molecule has 0 spiro atoms. The van der Waals surface area contributed by atoms with E-state index >= 15 is 0 Å². The molecule has 0 aromatic rings. The number of aliphatic hydroxyl groups is 3. The van der Waals surface area contributed by atoms with Crippen LogP contribution in [0.4, 0.5) is 0 Å². The Hall–Kier alpha value is -0.810. The molecule has 18 heavy (non-hydrogen) atoms. The molecule has 0 atom stereocenters. The molecular formula is C9H21NO8. The van der Waals surface area contributed by atoms with E-state index in [1.807, 2.05) is 0 Å². The van der Waals surface area contributed by atoms with E-state index in [1.165, 1.54) is 0 Å². The van der Waals surface area contributed by atoms with Gasteiger partial charge in [-0.1, -0.05) is 6.92 Å². The highest BCUT2D eigenvalue weighted by molar-refractivity contribution is 5.66. The SMILES string of the molecule is CCC(=O)O.OCCON(OCCO)OCCO. The third kappa shape index (κ3) is 17.6. The Morgan fingerprint density at radius 2 is 1.22 bits per heavy atom. The molecule has 0 aromatic heterocycles. The predicted octanol–water partition coefficient (Wildman–Crippen LogP) is -1.46. The smallest absolute Gasteiger partial charge is 0.303 e. The standard InChI is InChI=1S/C6H15NO6.C3H6O2/c8-1-4-11-7(12-5-2-9)13-6-3-10;1-2-3(4)5/h8-10H,1-6H2;2H2,1H3,(H,4,5). The fourth-order valence-electron chi connectivity index (χ4n) is 0.458. The van der Waals surface area contributed by atoms with Crippen molar-refractivity contribution in [1.82, 2.24) is 5.39 Å². The number of rotatable bonds is 10. The molecule has 0 bridgehead atoms. The molecule has 0 radical (unpaired) electrons. The zero-order chi connectivity index (χ0) is 14.2. The summed E-state index contributed by atoms with van der Waals surface area (Å²) in [5, 5.41) is 33.6. The van der Waals surface area contributed by atoms with Crippen molar-refractivity contribution >= 4 is 5.97 Å². The van der Waals surface area contributed by atoms with Gasteiger partial charge < -0.3 is 20.4 Å². The van der Waals surface area contributed by atoms with Crippen molar-refractivity contribution in [2.24, 2.45) is 0 Å². The molecule has 0 fully saturated rings. The second-order valence-electron chi connectivity index (χ2n) is 2.64. The molecule has 9 nitrogen and oxygen atoms in total.